The van der Waals surface area contributed by atoms with Crippen molar-refractivity contribution in [2.45, 2.75) is 43.3 Å². The number of benzene rings is 2. The first-order valence-corrected chi connectivity index (χ1v) is 15.4. The maximum absolute atomic E-state index is 13.9. The Morgan fingerprint density at radius 2 is 1.86 bits per heavy atom. The first-order valence-electron chi connectivity index (χ1n) is 13.6. The van der Waals surface area contributed by atoms with Crippen LogP contribution < -0.4 is 15.8 Å². The number of Topliss-reactive ketones (excluding diaryl/α,β-unsaturated/α-hetero) is 1. The Morgan fingerprint density at radius 3 is 2.53 bits per heavy atom. The second-order valence-corrected chi connectivity index (χ2v) is 12.7. The standard InChI is InChI=1S/C28H30F2N4O8S/c29-26(30)42-20-8-3-1-6-17(20)15-43(38,39)16-18(22-14-34(27(31)37)12-13-40-22)24(36)33-28(10-5-11-28)23(35)25-32-19-7-2-4-9-21(19)41-25/h1-4,6-9,18,22,26H,5,10-16H2,(H2,31,37)(H,33,36). The van der Waals surface area contributed by atoms with Gasteiger partial charge < -0.3 is 29.8 Å². The zero-order chi connectivity index (χ0) is 30.8. The van der Waals surface area contributed by atoms with E-state index in [0.717, 1.165) is 0 Å². The van der Waals surface area contributed by atoms with Crippen molar-refractivity contribution in [3.63, 3.8) is 0 Å². The van der Waals surface area contributed by atoms with Crippen LogP contribution in [0.3, 0.4) is 0 Å². The summed E-state index contributed by atoms with van der Waals surface area (Å²) >= 11 is 0. The largest absolute Gasteiger partial charge is 0.435 e. The molecule has 0 radical (unpaired) electrons. The highest BCUT2D eigenvalue weighted by Crippen LogP contribution is 2.36. The average Bonchev–Trinajstić information content (AvgIpc) is 3.38. The molecule has 15 heteroatoms. The number of nitrogens with one attached hydrogen (secondary N) is 1. The number of halogens is 2. The van der Waals surface area contributed by atoms with Crippen LogP contribution in [0.5, 0.6) is 5.75 Å². The number of oxazole rings is 1. The summed E-state index contributed by atoms with van der Waals surface area (Å²) in [6, 6.07) is 11.5. The molecule has 2 fully saturated rings. The number of urea groups is 1. The van der Waals surface area contributed by atoms with Gasteiger partial charge in [-0.15, -0.1) is 0 Å². The number of rotatable bonds is 11. The number of carbonyl (C=O) groups excluding carboxylic acids is 3. The molecule has 0 bridgehead atoms. The van der Waals surface area contributed by atoms with Crippen LogP contribution in [-0.2, 0) is 25.1 Å². The Labute approximate surface area is 245 Å². The van der Waals surface area contributed by atoms with E-state index in [0.29, 0.717) is 17.5 Å². The number of aromatic nitrogens is 1. The van der Waals surface area contributed by atoms with Gasteiger partial charge in [-0.25, -0.2) is 18.2 Å². The SMILES string of the molecule is NC(=O)N1CCOC(C(CS(=O)(=O)Cc2ccccc2OC(F)F)C(=O)NC2(C(=O)c3nc4ccccc4o3)CCC2)C1. The van der Waals surface area contributed by atoms with E-state index in [4.69, 9.17) is 14.9 Å². The van der Waals surface area contributed by atoms with E-state index in [9.17, 15) is 31.6 Å². The highest BCUT2D eigenvalue weighted by molar-refractivity contribution is 7.90. The summed E-state index contributed by atoms with van der Waals surface area (Å²) in [5, 5.41) is 2.75. The van der Waals surface area contributed by atoms with Gasteiger partial charge in [0.2, 0.25) is 11.7 Å². The smallest absolute Gasteiger partial charge is 0.387 e. The maximum atomic E-state index is 13.9. The lowest BCUT2D eigenvalue weighted by Gasteiger charge is -2.42. The van der Waals surface area contributed by atoms with Crippen LogP contribution in [0.25, 0.3) is 11.1 Å². The first-order chi connectivity index (χ1) is 20.5. The van der Waals surface area contributed by atoms with E-state index in [-0.39, 0.29) is 49.7 Å². The molecule has 3 amide bonds. The van der Waals surface area contributed by atoms with E-state index in [1.807, 2.05) is 0 Å². The number of nitrogens with two attached hydrogens (primary N) is 1. The van der Waals surface area contributed by atoms with Crippen molar-refractivity contribution in [1.82, 2.24) is 15.2 Å². The number of nitrogens with zero attached hydrogens (tertiary/aromatic N) is 2. The second kappa shape index (κ2) is 12.2. The van der Waals surface area contributed by atoms with Crippen molar-refractivity contribution in [1.29, 1.82) is 0 Å². The summed E-state index contributed by atoms with van der Waals surface area (Å²) in [4.78, 5) is 44.8. The molecule has 3 aromatic rings. The molecule has 2 aromatic carbocycles. The first kappa shape index (κ1) is 30.4. The van der Waals surface area contributed by atoms with E-state index in [1.165, 1.54) is 29.2 Å². The van der Waals surface area contributed by atoms with Gasteiger partial charge in [0.15, 0.2) is 15.4 Å². The molecule has 1 saturated carbocycles. The number of sulfone groups is 1. The molecule has 5 rings (SSSR count). The van der Waals surface area contributed by atoms with Gasteiger partial charge >= 0.3 is 12.6 Å². The normalized spacial score (nSPS) is 19.0. The fraction of sp³-hybridized carbons (Fsp3) is 0.429. The monoisotopic (exact) mass is 620 g/mol. The molecule has 2 unspecified atom stereocenters. The Kier molecular flexibility index (Phi) is 8.64. The number of hydrogen-bond acceptors (Lipinski definition) is 9. The summed E-state index contributed by atoms with van der Waals surface area (Å²) in [7, 11) is -4.17. The molecule has 2 aliphatic rings. The summed E-state index contributed by atoms with van der Waals surface area (Å²) < 4.78 is 68.6. The predicted molar refractivity (Wildman–Crippen MR) is 148 cm³/mol. The quantitative estimate of drug-likeness (QED) is 0.306. The van der Waals surface area contributed by atoms with Gasteiger partial charge in [-0.05, 0) is 37.5 Å². The van der Waals surface area contributed by atoms with Crippen LogP contribution in [-0.4, -0.2) is 79.7 Å². The molecule has 1 aliphatic heterocycles. The Morgan fingerprint density at radius 1 is 1.14 bits per heavy atom. The van der Waals surface area contributed by atoms with Crippen molar-refractivity contribution >= 4 is 38.7 Å². The Hall–Kier alpha value is -4.11. The highest BCUT2D eigenvalue weighted by atomic mass is 32.2. The molecule has 43 heavy (non-hydrogen) atoms. The second-order valence-electron chi connectivity index (χ2n) is 10.6. The number of amides is 3. The van der Waals surface area contributed by atoms with E-state index in [2.05, 4.69) is 15.0 Å². The number of morpholine rings is 1. The summed E-state index contributed by atoms with van der Waals surface area (Å²) in [5.41, 5.74) is 4.90. The highest BCUT2D eigenvalue weighted by Gasteiger charge is 2.50. The third-order valence-electron chi connectivity index (χ3n) is 7.68. The number of fused-ring (bicyclic) bond motifs is 1. The van der Waals surface area contributed by atoms with Gasteiger partial charge in [0.1, 0.15) is 16.8 Å². The lowest BCUT2D eigenvalue weighted by molar-refractivity contribution is -0.134. The van der Waals surface area contributed by atoms with Crippen molar-refractivity contribution in [3.05, 3.63) is 60.0 Å². The summed E-state index contributed by atoms with van der Waals surface area (Å²) in [5.74, 6) is -4.70. The van der Waals surface area contributed by atoms with Crippen LogP contribution in [0.4, 0.5) is 13.6 Å². The van der Waals surface area contributed by atoms with Crippen LogP contribution in [0.2, 0.25) is 0 Å². The number of ketones is 1. The predicted octanol–water partition coefficient (Wildman–Crippen LogP) is 2.66. The van der Waals surface area contributed by atoms with E-state index in [1.54, 1.807) is 24.3 Å². The topological polar surface area (TPSA) is 171 Å². The number of hydrogen-bond donors (Lipinski definition) is 2. The van der Waals surface area contributed by atoms with Crippen LogP contribution >= 0.6 is 0 Å². The van der Waals surface area contributed by atoms with Gasteiger partial charge in [0, 0.05) is 18.7 Å². The minimum atomic E-state index is -4.17. The molecular weight excluding hydrogens is 590 g/mol. The van der Waals surface area contributed by atoms with Gasteiger partial charge in [-0.2, -0.15) is 8.78 Å². The van der Waals surface area contributed by atoms with Crippen LogP contribution in [0, 0.1) is 5.92 Å². The van der Waals surface area contributed by atoms with Crippen molar-refractivity contribution in [3.8, 4) is 5.75 Å². The zero-order valence-corrected chi connectivity index (χ0v) is 23.7. The maximum Gasteiger partial charge on any atom is 0.387 e. The van der Waals surface area contributed by atoms with Crippen LogP contribution in [0.1, 0.15) is 35.5 Å². The molecular formula is C28H30F2N4O8S. The van der Waals surface area contributed by atoms with E-state index < -0.39 is 63.2 Å². The summed E-state index contributed by atoms with van der Waals surface area (Å²) in [6.07, 6.45) is 0.0751. The molecule has 1 aliphatic carbocycles. The fourth-order valence-corrected chi connectivity index (χ4v) is 7.06. The van der Waals surface area contributed by atoms with Gasteiger partial charge in [0.25, 0.3) is 5.89 Å². The molecule has 1 saturated heterocycles. The van der Waals surface area contributed by atoms with Crippen molar-refractivity contribution in [2.75, 3.05) is 25.4 Å². The third kappa shape index (κ3) is 6.77. The van der Waals surface area contributed by atoms with Gasteiger partial charge in [-0.3, -0.25) is 9.59 Å². The Balaban J connectivity index is 1.41. The number of primary amides is 1. The van der Waals surface area contributed by atoms with Gasteiger partial charge in [0.05, 0.1) is 30.1 Å². The lowest BCUT2D eigenvalue weighted by atomic mass is 9.73. The molecule has 12 nitrogen and oxygen atoms in total. The molecule has 3 N–H and O–H groups in total. The van der Waals surface area contributed by atoms with Crippen molar-refractivity contribution in [2.24, 2.45) is 11.7 Å². The average molecular weight is 621 g/mol. The summed E-state index contributed by atoms with van der Waals surface area (Å²) in [6.45, 7) is -3.20. The lowest BCUT2D eigenvalue weighted by Crippen LogP contribution is -2.62. The number of para-hydroxylation sites is 3. The van der Waals surface area contributed by atoms with Crippen LogP contribution in [0.15, 0.2) is 52.9 Å². The Bertz CT molecular complexity index is 1590. The van der Waals surface area contributed by atoms with Crippen molar-refractivity contribution < 1.29 is 45.5 Å². The zero-order valence-electron chi connectivity index (χ0n) is 22.9. The molecule has 230 valence electrons. The molecule has 1 aromatic heterocycles. The third-order valence-corrected chi connectivity index (χ3v) is 9.30. The minimum Gasteiger partial charge on any atom is -0.435 e. The number of carbonyl (C=O) groups is 3. The molecule has 2 atom stereocenters. The van der Waals surface area contributed by atoms with Gasteiger partial charge in [-0.1, -0.05) is 30.3 Å². The fourth-order valence-electron chi connectivity index (χ4n) is 5.32. The molecule has 0 spiro atoms. The van der Waals surface area contributed by atoms with E-state index >= 15 is 0 Å². The number of alkyl halides is 2. The minimum absolute atomic E-state index is 0.00449. The number of ether oxygens (including phenoxy) is 2. The molecule has 2 heterocycles.